The van der Waals surface area contributed by atoms with Crippen molar-refractivity contribution in [3.63, 3.8) is 0 Å². The van der Waals surface area contributed by atoms with Gasteiger partial charge in [0.1, 0.15) is 17.4 Å². The quantitative estimate of drug-likeness (QED) is 0.591. The largest absolute Gasteiger partial charge is 0.544 e. The van der Waals surface area contributed by atoms with Crippen molar-refractivity contribution < 1.29 is 19.4 Å². The summed E-state index contributed by atoms with van der Waals surface area (Å²) in [6.45, 7) is 2.23. The Labute approximate surface area is 166 Å². The van der Waals surface area contributed by atoms with Gasteiger partial charge in [-0.1, -0.05) is 48.5 Å². The molecule has 0 fully saturated rings. The molecule has 0 bridgehead atoms. The number of aromatic nitrogens is 1. The number of thiazole rings is 1. The minimum Gasteiger partial charge on any atom is -0.544 e. The van der Waals surface area contributed by atoms with Crippen LogP contribution in [0.4, 0.5) is 0 Å². The van der Waals surface area contributed by atoms with E-state index in [1.807, 2.05) is 54.6 Å². The van der Waals surface area contributed by atoms with Crippen LogP contribution >= 0.6 is 11.3 Å². The molecule has 0 saturated heterocycles. The molecule has 7 heteroatoms. The average Bonchev–Trinajstić information content (AvgIpc) is 3.06. The molecular formula is C21H19N2O4S-. The Morgan fingerprint density at radius 1 is 1.11 bits per heavy atom. The number of carbonyl (C=O) groups excluding carboxylic acids is 2. The molecule has 0 aliphatic heterocycles. The van der Waals surface area contributed by atoms with Gasteiger partial charge in [-0.3, -0.25) is 4.79 Å². The Hall–Kier alpha value is -3.19. The molecule has 1 aromatic heterocycles. The van der Waals surface area contributed by atoms with Crippen molar-refractivity contribution in [2.75, 3.05) is 13.2 Å². The molecule has 0 aliphatic carbocycles. The van der Waals surface area contributed by atoms with Crippen LogP contribution in [0.5, 0.6) is 5.75 Å². The predicted octanol–water partition coefficient (Wildman–Crippen LogP) is 2.22. The van der Waals surface area contributed by atoms with E-state index in [4.69, 9.17) is 4.74 Å². The number of hydrogen-bond acceptors (Lipinski definition) is 6. The zero-order chi connectivity index (χ0) is 19.9. The van der Waals surface area contributed by atoms with Crippen molar-refractivity contribution in [3.8, 4) is 16.9 Å². The Balaban J connectivity index is 1.51. The Morgan fingerprint density at radius 3 is 2.54 bits per heavy atom. The summed E-state index contributed by atoms with van der Waals surface area (Å²) in [5.41, 5.74) is 2.42. The van der Waals surface area contributed by atoms with Crippen LogP contribution in [0.2, 0.25) is 0 Å². The Kier molecular flexibility index (Phi) is 6.39. The number of amides is 1. The van der Waals surface area contributed by atoms with Gasteiger partial charge in [-0.25, -0.2) is 4.98 Å². The highest BCUT2D eigenvalue weighted by Crippen LogP contribution is 2.29. The van der Waals surface area contributed by atoms with E-state index in [-0.39, 0.29) is 17.2 Å². The van der Waals surface area contributed by atoms with Gasteiger partial charge in [0.2, 0.25) is 5.91 Å². The van der Waals surface area contributed by atoms with Gasteiger partial charge in [-0.05, 0) is 18.6 Å². The Morgan fingerprint density at radius 2 is 1.82 bits per heavy atom. The van der Waals surface area contributed by atoms with Crippen LogP contribution in [0.25, 0.3) is 11.1 Å². The van der Waals surface area contributed by atoms with Gasteiger partial charge in [0.25, 0.3) is 0 Å². The molecule has 1 N–H and O–H groups in total. The lowest BCUT2D eigenvalue weighted by Gasteiger charge is -2.12. The van der Waals surface area contributed by atoms with E-state index >= 15 is 0 Å². The molecule has 1 amide bonds. The molecule has 3 aromatic rings. The standard InChI is InChI=1S/C21H20N2O4S/c1-14-20(21(25)26)28-19(23-14)13-18(24)22-11-12-27-17-10-6-5-9-16(17)15-7-3-2-4-8-15/h2-10H,11-13H2,1H3,(H,22,24)(H,25,26)/p-1. The van der Waals surface area contributed by atoms with E-state index in [1.54, 1.807) is 6.92 Å². The van der Waals surface area contributed by atoms with E-state index in [9.17, 15) is 14.7 Å². The van der Waals surface area contributed by atoms with Gasteiger partial charge in [0, 0.05) is 5.56 Å². The van der Waals surface area contributed by atoms with Gasteiger partial charge in [-0.2, -0.15) is 0 Å². The van der Waals surface area contributed by atoms with Crippen molar-refractivity contribution in [2.45, 2.75) is 13.3 Å². The van der Waals surface area contributed by atoms with Gasteiger partial charge in [0.15, 0.2) is 0 Å². The first-order valence-electron chi connectivity index (χ1n) is 8.76. The summed E-state index contributed by atoms with van der Waals surface area (Å²) in [4.78, 5) is 27.1. The van der Waals surface area contributed by atoms with Crippen LogP contribution < -0.4 is 15.2 Å². The molecule has 1 heterocycles. The molecule has 0 spiro atoms. The van der Waals surface area contributed by atoms with Crippen LogP contribution in [-0.4, -0.2) is 30.0 Å². The van der Waals surface area contributed by atoms with Crippen molar-refractivity contribution >= 4 is 23.2 Å². The predicted molar refractivity (Wildman–Crippen MR) is 105 cm³/mol. The molecule has 0 aliphatic rings. The fourth-order valence-electron chi connectivity index (χ4n) is 2.72. The lowest BCUT2D eigenvalue weighted by Crippen LogP contribution is -2.29. The second kappa shape index (κ2) is 9.14. The second-order valence-electron chi connectivity index (χ2n) is 6.05. The van der Waals surface area contributed by atoms with Gasteiger partial charge in [-0.15, -0.1) is 11.3 Å². The number of carboxylic acids is 1. The summed E-state index contributed by atoms with van der Waals surface area (Å²) in [5, 5.41) is 14.1. The first-order valence-corrected chi connectivity index (χ1v) is 9.58. The van der Waals surface area contributed by atoms with Crippen molar-refractivity contribution in [1.82, 2.24) is 10.3 Å². The summed E-state index contributed by atoms with van der Waals surface area (Å²) in [7, 11) is 0. The number of nitrogens with one attached hydrogen (secondary N) is 1. The maximum absolute atomic E-state index is 12.0. The molecule has 3 rings (SSSR count). The monoisotopic (exact) mass is 395 g/mol. The zero-order valence-electron chi connectivity index (χ0n) is 15.3. The third-order valence-electron chi connectivity index (χ3n) is 3.99. The number of carbonyl (C=O) groups is 2. The lowest BCUT2D eigenvalue weighted by atomic mass is 10.1. The number of aryl methyl sites for hydroxylation is 1. The normalized spacial score (nSPS) is 10.5. The highest BCUT2D eigenvalue weighted by Gasteiger charge is 2.12. The third-order valence-corrected chi connectivity index (χ3v) is 5.13. The van der Waals surface area contributed by atoms with E-state index in [1.165, 1.54) is 0 Å². The molecule has 6 nitrogen and oxygen atoms in total. The van der Waals surface area contributed by atoms with Crippen LogP contribution in [0.3, 0.4) is 0 Å². The van der Waals surface area contributed by atoms with Gasteiger partial charge in [0.05, 0.1) is 29.5 Å². The number of ether oxygens (including phenoxy) is 1. The molecule has 0 radical (unpaired) electrons. The molecule has 0 saturated carbocycles. The Bertz CT molecular complexity index is 970. The zero-order valence-corrected chi connectivity index (χ0v) is 16.1. The number of carboxylic acid groups (broad SMARTS) is 1. The molecule has 0 atom stereocenters. The van der Waals surface area contributed by atoms with E-state index in [0.29, 0.717) is 23.9 Å². The van der Waals surface area contributed by atoms with E-state index < -0.39 is 5.97 Å². The summed E-state index contributed by atoms with van der Waals surface area (Å²) < 4.78 is 5.83. The first-order chi connectivity index (χ1) is 13.5. The fraction of sp³-hybridized carbons (Fsp3) is 0.190. The summed E-state index contributed by atoms with van der Waals surface area (Å²) in [6, 6.07) is 17.7. The third kappa shape index (κ3) is 4.95. The topological polar surface area (TPSA) is 91.3 Å². The number of rotatable bonds is 8. The van der Waals surface area contributed by atoms with Gasteiger partial charge < -0.3 is 20.0 Å². The smallest absolute Gasteiger partial charge is 0.226 e. The van der Waals surface area contributed by atoms with Crippen LogP contribution in [0.15, 0.2) is 54.6 Å². The van der Waals surface area contributed by atoms with Crippen molar-refractivity contribution in [1.29, 1.82) is 0 Å². The molecular weight excluding hydrogens is 376 g/mol. The maximum Gasteiger partial charge on any atom is 0.226 e. The maximum atomic E-state index is 12.0. The first kappa shape index (κ1) is 19.6. The molecule has 2 aromatic carbocycles. The lowest BCUT2D eigenvalue weighted by molar-refractivity contribution is -0.254. The van der Waals surface area contributed by atoms with Crippen LogP contribution in [0, 0.1) is 6.92 Å². The molecule has 28 heavy (non-hydrogen) atoms. The number of para-hydroxylation sites is 1. The second-order valence-corrected chi connectivity index (χ2v) is 7.13. The number of benzene rings is 2. The van der Waals surface area contributed by atoms with Crippen LogP contribution in [-0.2, 0) is 11.2 Å². The van der Waals surface area contributed by atoms with Crippen molar-refractivity contribution in [2.24, 2.45) is 0 Å². The molecule has 144 valence electrons. The van der Waals surface area contributed by atoms with Crippen LogP contribution in [0.1, 0.15) is 20.4 Å². The van der Waals surface area contributed by atoms with E-state index in [2.05, 4.69) is 10.3 Å². The number of nitrogens with zero attached hydrogens (tertiary/aromatic N) is 1. The van der Waals surface area contributed by atoms with Crippen molar-refractivity contribution in [3.05, 3.63) is 70.2 Å². The summed E-state index contributed by atoms with van der Waals surface area (Å²) in [5.74, 6) is -0.761. The fourth-order valence-corrected chi connectivity index (χ4v) is 3.62. The highest BCUT2D eigenvalue weighted by atomic mass is 32.1. The summed E-state index contributed by atoms with van der Waals surface area (Å²) in [6.07, 6.45) is 0.0272. The average molecular weight is 395 g/mol. The molecule has 0 unspecified atom stereocenters. The van der Waals surface area contributed by atoms with E-state index in [0.717, 1.165) is 28.2 Å². The minimum atomic E-state index is -1.27. The SMILES string of the molecule is Cc1nc(CC(=O)NCCOc2ccccc2-c2ccccc2)sc1C(=O)[O-]. The number of hydrogen-bond donors (Lipinski definition) is 1. The minimum absolute atomic E-state index is 0.0272. The van der Waals surface area contributed by atoms with Gasteiger partial charge >= 0.3 is 0 Å². The number of aromatic carboxylic acids is 1. The highest BCUT2D eigenvalue weighted by molar-refractivity contribution is 7.13. The summed E-state index contributed by atoms with van der Waals surface area (Å²) >= 11 is 0.966.